The maximum absolute atomic E-state index is 12.3. The number of pyridine rings is 1. The smallest absolute Gasteiger partial charge is 0.340 e. The summed E-state index contributed by atoms with van der Waals surface area (Å²) in [6, 6.07) is 6.59. The van der Waals surface area contributed by atoms with Gasteiger partial charge in [-0.2, -0.15) is 5.10 Å². The molecule has 0 atom stereocenters. The zero-order valence-electron chi connectivity index (χ0n) is 16.0. The third-order valence-corrected chi connectivity index (χ3v) is 4.07. The number of esters is 1. The van der Waals surface area contributed by atoms with Crippen molar-refractivity contribution >= 4 is 28.6 Å². The molecule has 0 aliphatic carbocycles. The Bertz CT molecular complexity index is 1020. The van der Waals surface area contributed by atoms with Gasteiger partial charge >= 0.3 is 5.97 Å². The summed E-state index contributed by atoms with van der Waals surface area (Å²) in [6.45, 7) is 1.39. The van der Waals surface area contributed by atoms with Gasteiger partial charge in [-0.25, -0.2) is 9.78 Å². The predicted molar refractivity (Wildman–Crippen MR) is 102 cm³/mol. The lowest BCUT2D eigenvalue weighted by atomic mass is 10.2. The van der Waals surface area contributed by atoms with Crippen molar-refractivity contribution < 1.29 is 23.8 Å². The topological polar surface area (TPSA) is 105 Å². The zero-order chi connectivity index (χ0) is 20.3. The van der Waals surface area contributed by atoms with Gasteiger partial charge in [0.1, 0.15) is 11.5 Å². The number of carbonyl (C=O) groups is 2. The van der Waals surface area contributed by atoms with Crippen molar-refractivity contribution in [3.63, 3.8) is 0 Å². The van der Waals surface area contributed by atoms with Gasteiger partial charge in [0.05, 0.1) is 25.5 Å². The van der Waals surface area contributed by atoms with E-state index in [0.717, 1.165) is 11.1 Å². The van der Waals surface area contributed by atoms with E-state index >= 15 is 0 Å². The van der Waals surface area contributed by atoms with Gasteiger partial charge in [-0.1, -0.05) is 0 Å². The van der Waals surface area contributed by atoms with Crippen molar-refractivity contribution in [2.45, 2.75) is 6.92 Å². The van der Waals surface area contributed by atoms with E-state index in [1.165, 1.54) is 20.4 Å². The van der Waals surface area contributed by atoms with Gasteiger partial charge < -0.3 is 19.5 Å². The SMILES string of the molecule is COc1cc(NC(=O)COC(=O)c2cnc3c(c2)c(C)nn3C)cc(OC)c1. The van der Waals surface area contributed by atoms with Crippen LogP contribution in [0.4, 0.5) is 5.69 Å². The van der Waals surface area contributed by atoms with Crippen LogP contribution in [-0.4, -0.2) is 47.5 Å². The third-order valence-electron chi connectivity index (χ3n) is 4.07. The molecule has 0 aliphatic heterocycles. The van der Waals surface area contributed by atoms with Gasteiger partial charge in [-0.3, -0.25) is 9.48 Å². The number of carbonyl (C=O) groups excluding carboxylic acids is 2. The van der Waals surface area contributed by atoms with E-state index in [9.17, 15) is 9.59 Å². The molecule has 0 bridgehead atoms. The number of aromatic nitrogens is 3. The van der Waals surface area contributed by atoms with Crippen LogP contribution >= 0.6 is 0 Å². The number of ether oxygens (including phenoxy) is 3. The molecule has 0 aliphatic rings. The molecule has 0 spiro atoms. The molecule has 1 amide bonds. The maximum atomic E-state index is 12.3. The summed E-state index contributed by atoms with van der Waals surface area (Å²) in [6.07, 6.45) is 1.40. The van der Waals surface area contributed by atoms with Gasteiger partial charge in [-0.05, 0) is 13.0 Å². The lowest BCUT2D eigenvalue weighted by molar-refractivity contribution is -0.119. The number of nitrogens with zero attached hydrogens (tertiary/aromatic N) is 3. The first kappa shape index (κ1) is 19.2. The van der Waals surface area contributed by atoms with Crippen LogP contribution in [-0.2, 0) is 16.6 Å². The number of anilines is 1. The van der Waals surface area contributed by atoms with Gasteiger partial charge in [0.2, 0.25) is 0 Å². The Morgan fingerprint density at radius 1 is 1.11 bits per heavy atom. The first-order chi connectivity index (χ1) is 13.4. The summed E-state index contributed by atoms with van der Waals surface area (Å²) in [7, 11) is 4.80. The average molecular weight is 384 g/mol. The summed E-state index contributed by atoms with van der Waals surface area (Å²) in [4.78, 5) is 28.6. The second-order valence-electron chi connectivity index (χ2n) is 6.03. The Balaban J connectivity index is 1.64. The van der Waals surface area contributed by atoms with E-state index in [1.54, 1.807) is 36.0 Å². The minimum absolute atomic E-state index is 0.249. The minimum atomic E-state index is -0.643. The molecule has 9 heteroatoms. The number of aryl methyl sites for hydroxylation is 2. The normalized spacial score (nSPS) is 10.6. The number of fused-ring (bicyclic) bond motifs is 1. The first-order valence-electron chi connectivity index (χ1n) is 8.40. The zero-order valence-corrected chi connectivity index (χ0v) is 16.0. The van der Waals surface area contributed by atoms with Crippen LogP contribution in [0.1, 0.15) is 16.1 Å². The van der Waals surface area contributed by atoms with Gasteiger partial charge in [0.15, 0.2) is 12.3 Å². The molecule has 146 valence electrons. The van der Waals surface area contributed by atoms with E-state index < -0.39 is 18.5 Å². The summed E-state index contributed by atoms with van der Waals surface area (Å²) in [5, 5.41) is 7.65. The highest BCUT2D eigenvalue weighted by molar-refractivity contribution is 5.97. The first-order valence-corrected chi connectivity index (χ1v) is 8.40. The molecule has 0 unspecified atom stereocenters. The molecule has 1 aromatic carbocycles. The number of nitrogens with one attached hydrogen (secondary N) is 1. The molecule has 1 N–H and O–H groups in total. The van der Waals surface area contributed by atoms with Crippen molar-refractivity contribution in [1.82, 2.24) is 14.8 Å². The van der Waals surface area contributed by atoms with Crippen LogP contribution in [0.2, 0.25) is 0 Å². The van der Waals surface area contributed by atoms with Crippen LogP contribution in [0.5, 0.6) is 11.5 Å². The van der Waals surface area contributed by atoms with Crippen LogP contribution < -0.4 is 14.8 Å². The van der Waals surface area contributed by atoms with Crippen LogP contribution in [0.25, 0.3) is 11.0 Å². The Labute approximate surface area is 161 Å². The maximum Gasteiger partial charge on any atom is 0.340 e. The number of benzene rings is 1. The fraction of sp³-hybridized carbons (Fsp3) is 0.263. The number of hydrogen-bond donors (Lipinski definition) is 1. The van der Waals surface area contributed by atoms with Gasteiger partial charge in [0.25, 0.3) is 5.91 Å². The Morgan fingerprint density at radius 3 is 2.43 bits per heavy atom. The summed E-state index contributed by atoms with van der Waals surface area (Å²) >= 11 is 0. The molecule has 2 aromatic heterocycles. The Kier molecular flexibility index (Phi) is 5.44. The highest BCUT2D eigenvalue weighted by atomic mass is 16.5. The van der Waals surface area contributed by atoms with Gasteiger partial charge in [0, 0.05) is 42.5 Å². The molecule has 0 radical (unpaired) electrons. The molecule has 0 saturated heterocycles. The Morgan fingerprint density at radius 2 is 1.79 bits per heavy atom. The second-order valence-corrected chi connectivity index (χ2v) is 6.03. The molecule has 0 fully saturated rings. The number of amides is 1. The minimum Gasteiger partial charge on any atom is -0.497 e. The predicted octanol–water partition coefficient (Wildman–Crippen LogP) is 2.09. The lowest BCUT2D eigenvalue weighted by Crippen LogP contribution is -2.21. The lowest BCUT2D eigenvalue weighted by Gasteiger charge is -2.10. The van der Waals surface area contributed by atoms with Crippen LogP contribution in [0.15, 0.2) is 30.5 Å². The summed E-state index contributed by atoms with van der Waals surface area (Å²) < 4.78 is 17.0. The molecule has 9 nitrogen and oxygen atoms in total. The average Bonchev–Trinajstić information content (AvgIpc) is 2.99. The van der Waals surface area contributed by atoms with Crippen molar-refractivity contribution in [3.05, 3.63) is 41.7 Å². The molecular weight excluding hydrogens is 364 g/mol. The van der Waals surface area contributed by atoms with E-state index in [2.05, 4.69) is 15.4 Å². The van der Waals surface area contributed by atoms with Crippen molar-refractivity contribution in [2.24, 2.45) is 7.05 Å². The van der Waals surface area contributed by atoms with E-state index in [1.807, 2.05) is 6.92 Å². The number of methoxy groups -OCH3 is 2. The molecule has 2 heterocycles. The monoisotopic (exact) mass is 384 g/mol. The molecule has 0 saturated carbocycles. The second kappa shape index (κ2) is 7.95. The van der Waals surface area contributed by atoms with Crippen LogP contribution in [0, 0.1) is 6.92 Å². The fourth-order valence-corrected chi connectivity index (χ4v) is 2.71. The quantitative estimate of drug-likeness (QED) is 0.649. The summed E-state index contributed by atoms with van der Waals surface area (Å²) in [5.74, 6) is -0.0815. The number of hydrogen-bond acceptors (Lipinski definition) is 7. The van der Waals surface area contributed by atoms with E-state index in [-0.39, 0.29) is 5.56 Å². The van der Waals surface area contributed by atoms with Crippen molar-refractivity contribution in [2.75, 3.05) is 26.1 Å². The largest absolute Gasteiger partial charge is 0.497 e. The molecule has 28 heavy (non-hydrogen) atoms. The van der Waals surface area contributed by atoms with Crippen LogP contribution in [0.3, 0.4) is 0 Å². The third kappa shape index (κ3) is 4.03. The Hall–Kier alpha value is -3.62. The molecular formula is C19H20N4O5. The van der Waals surface area contributed by atoms with Gasteiger partial charge in [-0.15, -0.1) is 0 Å². The number of rotatable bonds is 6. The summed E-state index contributed by atoms with van der Waals surface area (Å²) in [5.41, 5.74) is 2.13. The molecule has 3 aromatic rings. The van der Waals surface area contributed by atoms with Crippen molar-refractivity contribution in [3.8, 4) is 11.5 Å². The highest BCUT2D eigenvalue weighted by Gasteiger charge is 2.15. The highest BCUT2D eigenvalue weighted by Crippen LogP contribution is 2.25. The fourth-order valence-electron chi connectivity index (χ4n) is 2.71. The van der Waals surface area contributed by atoms with Crippen molar-refractivity contribution in [1.29, 1.82) is 0 Å². The molecule has 3 rings (SSSR count). The van der Waals surface area contributed by atoms with E-state index in [4.69, 9.17) is 14.2 Å². The standard InChI is InChI=1S/C19H20N4O5/c1-11-16-5-12(9-20-18(16)23(2)22-11)19(25)28-10-17(24)21-13-6-14(26-3)8-15(7-13)27-4/h5-9H,10H2,1-4H3,(H,21,24). The van der Waals surface area contributed by atoms with E-state index in [0.29, 0.717) is 22.8 Å².